The van der Waals surface area contributed by atoms with Crippen LogP contribution in [0.25, 0.3) is 5.70 Å². The first-order valence-corrected chi connectivity index (χ1v) is 8.62. The number of rotatable bonds is 5. The number of carbonyl (C=O) groups excluding carboxylic acids is 2. The third-order valence-electron chi connectivity index (χ3n) is 3.55. The van der Waals surface area contributed by atoms with Crippen molar-refractivity contribution < 1.29 is 19.2 Å². The van der Waals surface area contributed by atoms with Gasteiger partial charge in [0.25, 0.3) is 5.91 Å². The van der Waals surface area contributed by atoms with Crippen molar-refractivity contribution >= 4 is 40.5 Å². The minimum absolute atomic E-state index is 0.190. The molecule has 1 aliphatic heterocycles. The fourth-order valence-electron chi connectivity index (χ4n) is 2.27. The molecule has 0 fully saturated rings. The van der Waals surface area contributed by atoms with Crippen molar-refractivity contribution in [2.75, 3.05) is 13.7 Å². The summed E-state index contributed by atoms with van der Waals surface area (Å²) in [6.07, 6.45) is 1.57. The Bertz CT molecular complexity index is 816. The maximum atomic E-state index is 12.0. The number of methoxy groups -OCH3 is 1. The van der Waals surface area contributed by atoms with Gasteiger partial charge in [0, 0.05) is 0 Å². The van der Waals surface area contributed by atoms with Crippen molar-refractivity contribution in [3.63, 3.8) is 0 Å². The SMILES string of the molecule is COC(=O)c1ccc(C2=CC(CNC(=O)c3ccc(Cl)s3)ON2)cc1. The molecule has 1 atom stereocenters. The van der Waals surface area contributed by atoms with E-state index in [1.165, 1.54) is 18.4 Å². The van der Waals surface area contributed by atoms with Crippen LogP contribution in [0.1, 0.15) is 25.6 Å². The normalized spacial score (nSPS) is 16.1. The highest BCUT2D eigenvalue weighted by Crippen LogP contribution is 2.22. The summed E-state index contributed by atoms with van der Waals surface area (Å²) >= 11 is 7.05. The molecule has 0 saturated carbocycles. The summed E-state index contributed by atoms with van der Waals surface area (Å²) < 4.78 is 5.24. The van der Waals surface area contributed by atoms with Crippen LogP contribution in [-0.4, -0.2) is 31.6 Å². The second kappa shape index (κ2) is 7.69. The third kappa shape index (κ3) is 4.19. The van der Waals surface area contributed by atoms with Crippen LogP contribution in [0.2, 0.25) is 4.34 Å². The summed E-state index contributed by atoms with van der Waals surface area (Å²) in [7, 11) is 1.34. The van der Waals surface area contributed by atoms with Gasteiger partial charge in [-0.05, 0) is 35.9 Å². The molecule has 0 bridgehead atoms. The van der Waals surface area contributed by atoms with Crippen molar-refractivity contribution in [2.24, 2.45) is 0 Å². The molecule has 8 heteroatoms. The number of esters is 1. The molecule has 0 spiro atoms. The Kier molecular flexibility index (Phi) is 5.37. The van der Waals surface area contributed by atoms with E-state index in [1.807, 2.05) is 6.08 Å². The fourth-order valence-corrected chi connectivity index (χ4v) is 3.23. The van der Waals surface area contributed by atoms with E-state index in [9.17, 15) is 9.59 Å². The Hall–Kier alpha value is -2.35. The third-order valence-corrected chi connectivity index (χ3v) is 4.78. The summed E-state index contributed by atoms with van der Waals surface area (Å²) in [5.41, 5.74) is 4.94. The highest BCUT2D eigenvalue weighted by atomic mass is 35.5. The number of ether oxygens (including phenoxy) is 1. The van der Waals surface area contributed by atoms with Crippen LogP contribution >= 0.6 is 22.9 Å². The molecule has 0 radical (unpaired) electrons. The van der Waals surface area contributed by atoms with Crippen LogP contribution in [0.4, 0.5) is 0 Å². The zero-order valence-corrected chi connectivity index (χ0v) is 14.8. The van der Waals surface area contributed by atoms with E-state index in [1.54, 1.807) is 36.4 Å². The predicted octanol–water partition coefficient (Wildman–Crippen LogP) is 2.86. The molecule has 0 saturated heterocycles. The number of hydrogen-bond donors (Lipinski definition) is 2. The van der Waals surface area contributed by atoms with Gasteiger partial charge in [0.15, 0.2) is 0 Å². The number of thiophene rings is 1. The lowest BCUT2D eigenvalue weighted by atomic mass is 10.1. The minimum Gasteiger partial charge on any atom is -0.465 e. The first-order chi connectivity index (χ1) is 12.1. The van der Waals surface area contributed by atoms with Gasteiger partial charge in [0.1, 0.15) is 6.10 Å². The summed E-state index contributed by atoms with van der Waals surface area (Å²) in [5, 5.41) is 2.80. The average Bonchev–Trinajstić information content (AvgIpc) is 3.28. The molecular weight excluding hydrogens is 364 g/mol. The Morgan fingerprint density at radius 2 is 2.04 bits per heavy atom. The monoisotopic (exact) mass is 378 g/mol. The summed E-state index contributed by atoms with van der Waals surface area (Å²) in [6, 6.07) is 10.3. The molecular formula is C17H15ClN2O4S. The van der Waals surface area contributed by atoms with E-state index < -0.39 is 0 Å². The van der Waals surface area contributed by atoms with Gasteiger partial charge in [-0.15, -0.1) is 11.3 Å². The zero-order valence-electron chi connectivity index (χ0n) is 13.2. The number of carbonyl (C=O) groups is 2. The van der Waals surface area contributed by atoms with E-state index in [0.29, 0.717) is 21.3 Å². The number of hydrogen-bond acceptors (Lipinski definition) is 6. The largest absolute Gasteiger partial charge is 0.465 e. The number of benzene rings is 1. The summed E-state index contributed by atoms with van der Waals surface area (Å²) in [5.74, 6) is -0.574. The maximum absolute atomic E-state index is 12.0. The lowest BCUT2D eigenvalue weighted by molar-refractivity contribution is 0.0499. The Morgan fingerprint density at radius 3 is 2.68 bits per heavy atom. The van der Waals surface area contributed by atoms with Crippen molar-refractivity contribution in [3.8, 4) is 0 Å². The van der Waals surface area contributed by atoms with E-state index in [2.05, 4.69) is 15.5 Å². The first-order valence-electron chi connectivity index (χ1n) is 7.42. The molecule has 1 unspecified atom stereocenters. The molecule has 1 aliphatic rings. The van der Waals surface area contributed by atoms with E-state index in [0.717, 1.165) is 11.3 Å². The molecule has 2 aromatic rings. The standard InChI is InChI=1S/C17H15ClN2O4S/c1-23-17(22)11-4-2-10(3-5-11)13-8-12(24-20-13)9-19-16(21)14-6-7-15(18)25-14/h2-8,12,20H,9H2,1H3,(H,19,21). The van der Waals surface area contributed by atoms with Crippen molar-refractivity contribution in [1.82, 2.24) is 10.8 Å². The van der Waals surface area contributed by atoms with Gasteiger partial charge < -0.3 is 10.1 Å². The molecule has 1 aromatic carbocycles. The number of nitrogens with one attached hydrogen (secondary N) is 2. The van der Waals surface area contributed by atoms with Gasteiger partial charge in [-0.25, -0.2) is 4.79 Å². The molecule has 0 aliphatic carbocycles. The van der Waals surface area contributed by atoms with Crippen LogP contribution in [0, 0.1) is 0 Å². The highest BCUT2D eigenvalue weighted by molar-refractivity contribution is 7.17. The molecule has 3 rings (SSSR count). The molecule has 1 aromatic heterocycles. The van der Waals surface area contributed by atoms with Crippen LogP contribution in [0.3, 0.4) is 0 Å². The van der Waals surface area contributed by atoms with Crippen molar-refractivity contribution in [1.29, 1.82) is 0 Å². The van der Waals surface area contributed by atoms with Gasteiger partial charge in [0.2, 0.25) is 0 Å². The first kappa shape index (κ1) is 17.5. The van der Waals surface area contributed by atoms with Crippen LogP contribution < -0.4 is 10.8 Å². The highest BCUT2D eigenvalue weighted by Gasteiger charge is 2.19. The minimum atomic E-state index is -0.384. The van der Waals surface area contributed by atoms with E-state index >= 15 is 0 Å². The summed E-state index contributed by atoms with van der Waals surface area (Å²) in [4.78, 5) is 29.4. The second-order valence-electron chi connectivity index (χ2n) is 5.22. The zero-order chi connectivity index (χ0) is 17.8. The van der Waals surface area contributed by atoms with E-state index in [4.69, 9.17) is 16.4 Å². The molecule has 130 valence electrons. The van der Waals surface area contributed by atoms with Gasteiger partial charge in [-0.1, -0.05) is 23.7 Å². The lowest BCUT2D eigenvalue weighted by Gasteiger charge is -2.08. The van der Waals surface area contributed by atoms with E-state index in [-0.39, 0.29) is 18.0 Å². The molecule has 2 heterocycles. The van der Waals surface area contributed by atoms with Crippen molar-refractivity contribution in [3.05, 3.63) is 62.8 Å². The second-order valence-corrected chi connectivity index (χ2v) is 6.94. The van der Waals surface area contributed by atoms with Crippen LogP contribution in [0.5, 0.6) is 0 Å². The fraction of sp³-hybridized carbons (Fsp3) is 0.176. The smallest absolute Gasteiger partial charge is 0.337 e. The predicted molar refractivity (Wildman–Crippen MR) is 95.4 cm³/mol. The molecule has 6 nitrogen and oxygen atoms in total. The van der Waals surface area contributed by atoms with Gasteiger partial charge in [-0.3, -0.25) is 15.1 Å². The van der Waals surface area contributed by atoms with Gasteiger partial charge in [0.05, 0.1) is 34.1 Å². The maximum Gasteiger partial charge on any atom is 0.337 e. The lowest BCUT2D eigenvalue weighted by Crippen LogP contribution is -2.31. The topological polar surface area (TPSA) is 76.7 Å². The number of halogens is 1. The Balaban J connectivity index is 1.58. The van der Waals surface area contributed by atoms with Gasteiger partial charge >= 0.3 is 5.97 Å². The molecule has 25 heavy (non-hydrogen) atoms. The molecule has 1 amide bonds. The van der Waals surface area contributed by atoms with Gasteiger partial charge in [-0.2, -0.15) is 0 Å². The summed E-state index contributed by atoms with van der Waals surface area (Å²) in [6.45, 7) is 0.325. The van der Waals surface area contributed by atoms with Crippen LogP contribution in [0.15, 0.2) is 42.5 Å². The quantitative estimate of drug-likeness (QED) is 0.782. The Labute approximate surface area is 153 Å². The number of amides is 1. The number of hydroxylamine groups is 1. The molecule has 2 N–H and O–H groups in total. The average molecular weight is 379 g/mol. The Morgan fingerprint density at radius 1 is 1.28 bits per heavy atom. The van der Waals surface area contributed by atoms with Crippen molar-refractivity contribution in [2.45, 2.75) is 6.10 Å². The van der Waals surface area contributed by atoms with Crippen LogP contribution in [-0.2, 0) is 9.57 Å².